The van der Waals surface area contributed by atoms with Crippen LogP contribution >= 0.6 is 0 Å². The van der Waals surface area contributed by atoms with Crippen LogP contribution in [0.5, 0.6) is 11.5 Å². The van der Waals surface area contributed by atoms with Gasteiger partial charge in [0.2, 0.25) is 5.76 Å². The second-order valence-electron chi connectivity index (χ2n) is 6.64. The molecular weight excluding hydrogens is 396 g/mol. The molecule has 0 unspecified atom stereocenters. The molecule has 31 heavy (non-hydrogen) atoms. The number of carbonyl (C=O) groups excluding carboxylic acids is 2. The maximum Gasteiger partial charge on any atom is 0.293 e. The summed E-state index contributed by atoms with van der Waals surface area (Å²) in [5.74, 6) is 0.238. The maximum absolute atomic E-state index is 12.8. The second kappa shape index (κ2) is 9.04. The van der Waals surface area contributed by atoms with Crippen LogP contribution in [0, 0.1) is 0 Å². The summed E-state index contributed by atoms with van der Waals surface area (Å²) < 4.78 is 16.4. The molecule has 0 radical (unpaired) electrons. The Labute approximate surface area is 178 Å². The molecule has 3 aromatic carbocycles. The summed E-state index contributed by atoms with van der Waals surface area (Å²) in [6, 6.07) is 23.1. The Bertz CT molecular complexity index is 1220. The van der Waals surface area contributed by atoms with E-state index in [2.05, 4.69) is 10.6 Å². The van der Waals surface area contributed by atoms with E-state index >= 15 is 0 Å². The summed E-state index contributed by atoms with van der Waals surface area (Å²) in [6.45, 7) is -0.244. The van der Waals surface area contributed by atoms with E-state index in [9.17, 15) is 9.59 Å². The number of methoxy groups -OCH3 is 1. The highest BCUT2D eigenvalue weighted by Crippen LogP contribution is 2.31. The molecule has 0 bridgehead atoms. The number of hydrogen-bond acceptors (Lipinski definition) is 5. The third-order valence-corrected chi connectivity index (χ3v) is 4.51. The van der Waals surface area contributed by atoms with Gasteiger partial charge in [0.25, 0.3) is 11.8 Å². The van der Waals surface area contributed by atoms with E-state index < -0.39 is 11.8 Å². The van der Waals surface area contributed by atoms with Gasteiger partial charge < -0.3 is 24.5 Å². The van der Waals surface area contributed by atoms with Crippen LogP contribution < -0.4 is 20.1 Å². The highest BCUT2D eigenvalue weighted by Gasteiger charge is 2.22. The number of amides is 2. The fraction of sp³-hybridized carbons (Fsp3) is 0.0833. The van der Waals surface area contributed by atoms with Crippen LogP contribution in [0.1, 0.15) is 10.6 Å². The Morgan fingerprint density at radius 2 is 1.61 bits per heavy atom. The summed E-state index contributed by atoms with van der Waals surface area (Å²) in [7, 11) is 1.55. The molecule has 0 saturated carbocycles. The zero-order chi connectivity index (χ0) is 21.6. The lowest BCUT2D eigenvalue weighted by Gasteiger charge is -2.09. The third kappa shape index (κ3) is 4.67. The minimum Gasteiger partial charge on any atom is -0.497 e. The third-order valence-electron chi connectivity index (χ3n) is 4.51. The predicted octanol–water partition coefficient (Wildman–Crippen LogP) is 4.71. The molecule has 0 aliphatic heterocycles. The van der Waals surface area contributed by atoms with E-state index in [0.717, 1.165) is 0 Å². The predicted molar refractivity (Wildman–Crippen MR) is 118 cm³/mol. The number of hydrogen-bond donors (Lipinski definition) is 2. The van der Waals surface area contributed by atoms with Crippen molar-refractivity contribution in [2.75, 3.05) is 24.4 Å². The molecule has 7 heteroatoms. The molecule has 1 heterocycles. The second-order valence-corrected chi connectivity index (χ2v) is 6.64. The first kappa shape index (κ1) is 20.0. The fourth-order valence-corrected chi connectivity index (χ4v) is 3.05. The number of rotatable bonds is 7. The first-order valence-corrected chi connectivity index (χ1v) is 9.58. The minimum absolute atomic E-state index is 0.0137. The topological polar surface area (TPSA) is 89.8 Å². The number of anilines is 2. The van der Waals surface area contributed by atoms with Gasteiger partial charge in [0.1, 0.15) is 22.8 Å². The van der Waals surface area contributed by atoms with Crippen molar-refractivity contribution in [2.45, 2.75) is 0 Å². The van der Waals surface area contributed by atoms with E-state index in [1.54, 1.807) is 67.8 Å². The summed E-state index contributed by atoms with van der Waals surface area (Å²) in [6.07, 6.45) is 0. The lowest BCUT2D eigenvalue weighted by molar-refractivity contribution is -0.118. The minimum atomic E-state index is -0.466. The van der Waals surface area contributed by atoms with Crippen LogP contribution in [0.4, 0.5) is 11.4 Å². The van der Waals surface area contributed by atoms with Crippen molar-refractivity contribution in [1.29, 1.82) is 0 Å². The van der Waals surface area contributed by atoms with Gasteiger partial charge in [-0.2, -0.15) is 0 Å². The number of ether oxygens (including phenoxy) is 2. The van der Waals surface area contributed by atoms with Crippen molar-refractivity contribution < 1.29 is 23.5 Å². The Hall–Kier alpha value is -4.26. The molecule has 0 fully saturated rings. The van der Waals surface area contributed by atoms with Crippen LogP contribution in [-0.2, 0) is 4.79 Å². The standard InChI is InChI=1S/C24H20N2O5/c1-29-17-10-7-11-18(14-17)30-15-21(27)26-22-19-12-5-6-13-20(19)31-23(22)24(28)25-16-8-3-2-4-9-16/h2-14H,15H2,1H3,(H,25,28)(H,26,27). The molecule has 4 rings (SSSR count). The van der Waals surface area contributed by atoms with E-state index in [0.29, 0.717) is 33.8 Å². The molecule has 2 amide bonds. The molecule has 7 nitrogen and oxygen atoms in total. The first-order chi connectivity index (χ1) is 15.1. The first-order valence-electron chi connectivity index (χ1n) is 9.58. The number of carbonyl (C=O) groups is 2. The lowest BCUT2D eigenvalue weighted by Crippen LogP contribution is -2.22. The molecule has 156 valence electrons. The molecule has 0 aliphatic rings. The van der Waals surface area contributed by atoms with Gasteiger partial charge in [-0.25, -0.2) is 0 Å². The Morgan fingerprint density at radius 3 is 2.42 bits per heavy atom. The largest absolute Gasteiger partial charge is 0.497 e. The molecule has 0 atom stereocenters. The zero-order valence-electron chi connectivity index (χ0n) is 16.8. The summed E-state index contributed by atoms with van der Waals surface area (Å²) in [5, 5.41) is 6.14. The van der Waals surface area contributed by atoms with Crippen molar-refractivity contribution >= 4 is 34.2 Å². The van der Waals surface area contributed by atoms with E-state index in [1.165, 1.54) is 0 Å². The average Bonchev–Trinajstić information content (AvgIpc) is 3.17. The summed E-state index contributed by atoms with van der Waals surface area (Å²) in [5.41, 5.74) is 1.40. The van der Waals surface area contributed by atoms with Crippen LogP contribution in [0.3, 0.4) is 0 Å². The van der Waals surface area contributed by atoms with Gasteiger partial charge >= 0.3 is 0 Å². The van der Waals surface area contributed by atoms with Crippen molar-refractivity contribution in [3.8, 4) is 11.5 Å². The Morgan fingerprint density at radius 1 is 0.871 bits per heavy atom. The molecule has 4 aromatic rings. The smallest absolute Gasteiger partial charge is 0.293 e. The quantitative estimate of drug-likeness (QED) is 0.455. The highest BCUT2D eigenvalue weighted by atomic mass is 16.5. The normalized spacial score (nSPS) is 10.5. The number of nitrogens with one attached hydrogen (secondary N) is 2. The molecule has 0 saturated heterocycles. The summed E-state index contributed by atoms with van der Waals surface area (Å²) >= 11 is 0. The summed E-state index contributed by atoms with van der Waals surface area (Å²) in [4.78, 5) is 25.4. The SMILES string of the molecule is COc1cccc(OCC(=O)Nc2c(C(=O)Nc3ccccc3)oc3ccccc23)c1. The number of furan rings is 1. The van der Waals surface area contributed by atoms with Gasteiger partial charge in [0.15, 0.2) is 6.61 Å². The van der Waals surface area contributed by atoms with Crippen molar-refractivity contribution in [2.24, 2.45) is 0 Å². The van der Waals surface area contributed by atoms with E-state index in [-0.39, 0.29) is 12.4 Å². The Balaban J connectivity index is 1.53. The van der Waals surface area contributed by atoms with Gasteiger partial charge in [0, 0.05) is 17.1 Å². The fourth-order valence-electron chi connectivity index (χ4n) is 3.05. The van der Waals surface area contributed by atoms with Crippen molar-refractivity contribution in [3.63, 3.8) is 0 Å². The van der Waals surface area contributed by atoms with Crippen molar-refractivity contribution in [1.82, 2.24) is 0 Å². The van der Waals surface area contributed by atoms with Crippen LogP contribution in [-0.4, -0.2) is 25.5 Å². The van der Waals surface area contributed by atoms with Crippen LogP contribution in [0.25, 0.3) is 11.0 Å². The highest BCUT2D eigenvalue weighted by molar-refractivity contribution is 6.14. The van der Waals surface area contributed by atoms with Gasteiger partial charge in [-0.3, -0.25) is 9.59 Å². The lowest BCUT2D eigenvalue weighted by atomic mass is 10.2. The van der Waals surface area contributed by atoms with Crippen molar-refractivity contribution in [3.05, 3.63) is 84.6 Å². The number of fused-ring (bicyclic) bond motifs is 1. The molecule has 0 spiro atoms. The van der Waals surface area contributed by atoms with Gasteiger partial charge in [0.05, 0.1) is 7.11 Å². The molecule has 1 aromatic heterocycles. The number of para-hydroxylation sites is 2. The molecule has 2 N–H and O–H groups in total. The average molecular weight is 416 g/mol. The van der Waals surface area contributed by atoms with Gasteiger partial charge in [-0.05, 0) is 36.4 Å². The van der Waals surface area contributed by atoms with E-state index in [1.807, 2.05) is 18.2 Å². The van der Waals surface area contributed by atoms with E-state index in [4.69, 9.17) is 13.9 Å². The molecule has 0 aliphatic carbocycles. The number of benzene rings is 3. The Kier molecular flexibility index (Phi) is 5.84. The van der Waals surface area contributed by atoms with Crippen LogP contribution in [0.15, 0.2) is 83.3 Å². The maximum atomic E-state index is 12.8. The van der Waals surface area contributed by atoms with Crippen LogP contribution in [0.2, 0.25) is 0 Å². The monoisotopic (exact) mass is 416 g/mol. The van der Waals surface area contributed by atoms with Gasteiger partial charge in [-0.15, -0.1) is 0 Å². The zero-order valence-corrected chi connectivity index (χ0v) is 16.8. The molecular formula is C24H20N2O5. The van der Waals surface area contributed by atoms with Gasteiger partial charge in [-0.1, -0.05) is 36.4 Å².